The molecule has 1 heterocycles. The van der Waals surface area contributed by atoms with Gasteiger partial charge in [-0.05, 0) is 34.6 Å². The predicted molar refractivity (Wildman–Crippen MR) is 87.6 cm³/mol. The molecule has 0 atom stereocenters. The van der Waals surface area contributed by atoms with Crippen molar-refractivity contribution in [1.82, 2.24) is 0 Å². The van der Waals surface area contributed by atoms with Gasteiger partial charge in [-0.1, -0.05) is 63.2 Å². The van der Waals surface area contributed by atoms with Gasteiger partial charge in [0, 0.05) is 0 Å². The van der Waals surface area contributed by atoms with Crippen molar-refractivity contribution in [2.75, 3.05) is 0 Å². The first kappa shape index (κ1) is 13.8. The van der Waals surface area contributed by atoms with E-state index in [0.717, 1.165) is 17.1 Å². The van der Waals surface area contributed by atoms with Crippen LogP contribution in [0.4, 0.5) is 0 Å². The van der Waals surface area contributed by atoms with Crippen LogP contribution >= 0.6 is 0 Å². The lowest BCUT2D eigenvalue weighted by Gasteiger charge is -2.18. The second-order valence-electron chi connectivity index (χ2n) is 6.28. The van der Waals surface area contributed by atoms with Gasteiger partial charge >= 0.3 is 7.12 Å². The highest BCUT2D eigenvalue weighted by Gasteiger charge is 2.28. The van der Waals surface area contributed by atoms with Crippen molar-refractivity contribution in [3.8, 4) is 11.5 Å². The molecule has 0 radical (unpaired) electrons. The molecule has 2 aromatic carbocycles. The molecule has 3 heteroatoms. The van der Waals surface area contributed by atoms with Gasteiger partial charge < -0.3 is 9.31 Å². The van der Waals surface area contributed by atoms with Crippen LogP contribution in [0.3, 0.4) is 0 Å². The number of fused-ring (bicyclic) bond motifs is 1. The summed E-state index contributed by atoms with van der Waals surface area (Å²) < 4.78 is 11.4. The molecule has 21 heavy (non-hydrogen) atoms. The van der Waals surface area contributed by atoms with Crippen LogP contribution in [0, 0.1) is 0 Å². The maximum Gasteiger partial charge on any atom is 0.625 e. The zero-order chi connectivity index (χ0) is 14.9. The summed E-state index contributed by atoms with van der Waals surface area (Å²) in [5.74, 6) is 3.54. The van der Waals surface area contributed by atoms with Gasteiger partial charge in [-0.15, -0.1) is 0 Å². The Bertz CT molecular complexity index is 629. The molecule has 0 fully saturated rings. The molecule has 0 unspecified atom stereocenters. The summed E-state index contributed by atoms with van der Waals surface area (Å²) in [5, 5.41) is 0. The highest BCUT2D eigenvalue weighted by atomic mass is 16.6. The first-order valence-electron chi connectivity index (χ1n) is 7.23. The summed E-state index contributed by atoms with van der Waals surface area (Å²) in [6, 6.07) is 16.3. The average Bonchev–Trinajstić information content (AvgIpc) is 2.87. The molecule has 1 aliphatic heterocycles. The normalized spacial score (nSPS) is 14.0. The molecule has 0 N–H and O–H groups in total. The number of para-hydroxylation sites is 2. The largest absolute Gasteiger partial charge is 0.625 e. The molecule has 2 aromatic rings. The molecule has 0 aromatic heterocycles. The molecule has 2 nitrogen and oxygen atoms in total. The van der Waals surface area contributed by atoms with Gasteiger partial charge in [0.1, 0.15) is 11.5 Å². The number of hydrogen-bond acceptors (Lipinski definition) is 2. The van der Waals surface area contributed by atoms with Gasteiger partial charge in [-0.3, -0.25) is 0 Å². The fraction of sp³-hybridized carbons (Fsp3) is 0.222. The van der Waals surface area contributed by atoms with Crippen molar-refractivity contribution < 1.29 is 9.31 Å². The summed E-state index contributed by atoms with van der Waals surface area (Å²) >= 11 is 0. The molecule has 106 valence electrons. The molecular weight excluding hydrogens is 259 g/mol. The quantitative estimate of drug-likeness (QED) is 0.753. The third-order valence-electron chi connectivity index (χ3n) is 3.56. The van der Waals surface area contributed by atoms with Crippen LogP contribution in [-0.4, -0.2) is 7.12 Å². The van der Waals surface area contributed by atoms with Crippen LogP contribution in [0.25, 0.3) is 6.08 Å². The maximum atomic E-state index is 5.70. The highest BCUT2D eigenvalue weighted by molar-refractivity contribution is 6.54. The Morgan fingerprint density at radius 2 is 1.43 bits per heavy atom. The zero-order valence-electron chi connectivity index (χ0n) is 12.7. The number of rotatable bonds is 2. The number of benzene rings is 2. The van der Waals surface area contributed by atoms with Crippen molar-refractivity contribution >= 4 is 13.2 Å². The molecule has 1 aliphatic rings. The molecule has 0 saturated carbocycles. The van der Waals surface area contributed by atoms with Crippen LogP contribution in [0.1, 0.15) is 31.9 Å². The smallest absolute Gasteiger partial charge is 0.520 e. The summed E-state index contributed by atoms with van der Waals surface area (Å²) in [5.41, 5.74) is 2.66. The minimum Gasteiger partial charge on any atom is -0.520 e. The lowest BCUT2D eigenvalue weighted by Crippen LogP contribution is -2.21. The summed E-state index contributed by atoms with van der Waals surface area (Å²) in [6.45, 7) is 6.65. The first-order chi connectivity index (χ1) is 10.0. The highest BCUT2D eigenvalue weighted by Crippen LogP contribution is 2.32. The fourth-order valence-corrected chi connectivity index (χ4v) is 2.28. The fourth-order valence-electron chi connectivity index (χ4n) is 2.28. The number of hydrogen-bond donors (Lipinski definition) is 0. The molecule has 0 bridgehead atoms. The van der Waals surface area contributed by atoms with Gasteiger partial charge in [0.05, 0.1) is 0 Å². The van der Waals surface area contributed by atoms with Crippen LogP contribution in [0.5, 0.6) is 11.5 Å². The summed E-state index contributed by atoms with van der Waals surface area (Å²) in [6.07, 6.45) is 2.03. The monoisotopic (exact) mass is 278 g/mol. The van der Waals surface area contributed by atoms with Crippen molar-refractivity contribution in [1.29, 1.82) is 0 Å². The Morgan fingerprint density at radius 3 is 1.95 bits per heavy atom. The Balaban J connectivity index is 1.68. The van der Waals surface area contributed by atoms with Crippen LogP contribution in [-0.2, 0) is 5.41 Å². The average molecular weight is 278 g/mol. The molecular formula is C18H19BO2. The topological polar surface area (TPSA) is 18.5 Å². The Kier molecular flexibility index (Phi) is 3.50. The Labute approximate surface area is 126 Å². The van der Waals surface area contributed by atoms with Crippen molar-refractivity contribution in [2.45, 2.75) is 26.2 Å². The van der Waals surface area contributed by atoms with Gasteiger partial charge in [-0.2, -0.15) is 0 Å². The second kappa shape index (κ2) is 5.32. The van der Waals surface area contributed by atoms with E-state index in [0.29, 0.717) is 0 Å². The van der Waals surface area contributed by atoms with Crippen LogP contribution in [0.2, 0.25) is 0 Å². The van der Waals surface area contributed by atoms with E-state index in [4.69, 9.17) is 9.31 Å². The maximum absolute atomic E-state index is 5.70. The summed E-state index contributed by atoms with van der Waals surface area (Å²) in [4.78, 5) is 0. The van der Waals surface area contributed by atoms with E-state index in [9.17, 15) is 0 Å². The molecule has 0 amide bonds. The molecule has 0 saturated heterocycles. The Morgan fingerprint density at radius 1 is 0.857 bits per heavy atom. The molecule has 0 spiro atoms. The van der Waals surface area contributed by atoms with E-state index in [-0.39, 0.29) is 12.5 Å². The van der Waals surface area contributed by atoms with E-state index < -0.39 is 0 Å². The molecule has 0 aliphatic carbocycles. The van der Waals surface area contributed by atoms with Crippen LogP contribution in [0.15, 0.2) is 54.5 Å². The Hall–Kier alpha value is -2.16. The van der Waals surface area contributed by atoms with E-state index >= 15 is 0 Å². The van der Waals surface area contributed by atoms with Gasteiger partial charge in [-0.25, -0.2) is 0 Å². The SMILES string of the molecule is CC(C)(C)c1ccc(C=CB2Oc3ccccc3O2)cc1. The van der Waals surface area contributed by atoms with Gasteiger partial charge in [0.2, 0.25) is 0 Å². The van der Waals surface area contributed by atoms with E-state index in [1.165, 1.54) is 5.56 Å². The first-order valence-corrected chi connectivity index (χ1v) is 7.23. The minimum atomic E-state index is -0.343. The second-order valence-corrected chi connectivity index (χ2v) is 6.28. The van der Waals surface area contributed by atoms with E-state index in [2.05, 4.69) is 45.0 Å². The van der Waals surface area contributed by atoms with E-state index in [1.54, 1.807) is 0 Å². The van der Waals surface area contributed by atoms with Gasteiger partial charge in [0.25, 0.3) is 0 Å². The lowest BCUT2D eigenvalue weighted by molar-refractivity contribution is 0.517. The lowest BCUT2D eigenvalue weighted by atomic mass is 9.86. The summed E-state index contributed by atoms with van der Waals surface area (Å²) in [7, 11) is -0.343. The van der Waals surface area contributed by atoms with Crippen LogP contribution < -0.4 is 9.31 Å². The standard InChI is InChI=1S/C18H19BO2/c1-18(2,3)15-10-8-14(9-11-15)12-13-19-20-16-6-4-5-7-17(16)21-19/h4-13H,1-3H3. The van der Waals surface area contributed by atoms with E-state index in [1.807, 2.05) is 36.3 Å². The molecule has 3 rings (SSSR count). The van der Waals surface area contributed by atoms with Crippen molar-refractivity contribution in [3.63, 3.8) is 0 Å². The zero-order valence-corrected chi connectivity index (χ0v) is 12.7. The third kappa shape index (κ3) is 3.13. The van der Waals surface area contributed by atoms with Crippen molar-refractivity contribution in [3.05, 3.63) is 65.6 Å². The minimum absolute atomic E-state index is 0.182. The third-order valence-corrected chi connectivity index (χ3v) is 3.56. The van der Waals surface area contributed by atoms with Crippen molar-refractivity contribution in [2.24, 2.45) is 0 Å². The van der Waals surface area contributed by atoms with Gasteiger partial charge in [0.15, 0.2) is 0 Å². The predicted octanol–water partition coefficient (Wildman–Crippen LogP) is 4.50.